The van der Waals surface area contributed by atoms with Gasteiger partial charge in [0.15, 0.2) is 5.78 Å². The Hall–Kier alpha value is -0.630. The summed E-state index contributed by atoms with van der Waals surface area (Å²) in [5.41, 5.74) is 0.934. The molecule has 0 N–H and O–H groups in total. The van der Waals surface area contributed by atoms with Crippen molar-refractivity contribution in [2.75, 3.05) is 13.1 Å². The van der Waals surface area contributed by atoms with E-state index in [1.165, 1.54) is 12.8 Å². The SMILES string of the molecule is CCN(CC)C1(C(=O)C=C(C)C)CCCC1. The van der Waals surface area contributed by atoms with Gasteiger partial charge in [0, 0.05) is 0 Å². The van der Waals surface area contributed by atoms with Gasteiger partial charge in [-0.05, 0) is 45.9 Å². The minimum atomic E-state index is -0.180. The highest BCUT2D eigenvalue weighted by atomic mass is 16.1. The summed E-state index contributed by atoms with van der Waals surface area (Å²) in [5.74, 6) is 0.328. The first-order valence-electron chi connectivity index (χ1n) is 6.51. The molecule has 0 aromatic rings. The molecule has 1 fully saturated rings. The monoisotopic (exact) mass is 223 g/mol. The Morgan fingerprint density at radius 3 is 2.06 bits per heavy atom. The van der Waals surface area contributed by atoms with Gasteiger partial charge < -0.3 is 0 Å². The van der Waals surface area contributed by atoms with E-state index in [-0.39, 0.29) is 5.54 Å². The van der Waals surface area contributed by atoms with Crippen LogP contribution < -0.4 is 0 Å². The number of likely N-dealkylation sites (N-methyl/N-ethyl adjacent to an activating group) is 1. The van der Waals surface area contributed by atoms with Crippen LogP contribution in [-0.2, 0) is 4.79 Å². The zero-order valence-corrected chi connectivity index (χ0v) is 11.2. The van der Waals surface area contributed by atoms with Gasteiger partial charge in [0.05, 0.1) is 5.54 Å². The van der Waals surface area contributed by atoms with Gasteiger partial charge in [-0.1, -0.05) is 32.3 Å². The van der Waals surface area contributed by atoms with Crippen molar-refractivity contribution in [3.63, 3.8) is 0 Å². The van der Waals surface area contributed by atoms with Crippen LogP contribution in [0.2, 0.25) is 0 Å². The van der Waals surface area contributed by atoms with E-state index in [2.05, 4.69) is 18.7 Å². The van der Waals surface area contributed by atoms with Crippen LogP contribution in [0, 0.1) is 0 Å². The topological polar surface area (TPSA) is 20.3 Å². The molecule has 92 valence electrons. The van der Waals surface area contributed by atoms with Gasteiger partial charge in [-0.2, -0.15) is 0 Å². The average molecular weight is 223 g/mol. The molecule has 0 unspecified atom stereocenters. The third kappa shape index (κ3) is 2.54. The van der Waals surface area contributed by atoms with E-state index in [0.717, 1.165) is 31.5 Å². The van der Waals surface area contributed by atoms with Crippen molar-refractivity contribution in [2.24, 2.45) is 0 Å². The summed E-state index contributed by atoms with van der Waals surface area (Å²) < 4.78 is 0. The lowest BCUT2D eigenvalue weighted by atomic mass is 9.88. The maximum Gasteiger partial charge on any atom is 0.175 e. The van der Waals surface area contributed by atoms with Gasteiger partial charge in [-0.3, -0.25) is 9.69 Å². The van der Waals surface area contributed by atoms with Crippen LogP contribution in [0.1, 0.15) is 53.4 Å². The van der Waals surface area contributed by atoms with Crippen molar-refractivity contribution < 1.29 is 4.79 Å². The fourth-order valence-electron chi connectivity index (χ4n) is 2.90. The second-order valence-electron chi connectivity index (χ2n) is 5.00. The van der Waals surface area contributed by atoms with Crippen LogP contribution in [0.5, 0.6) is 0 Å². The molecule has 2 nitrogen and oxygen atoms in total. The predicted octanol–water partition coefficient (Wildman–Crippen LogP) is 3.18. The molecule has 1 saturated carbocycles. The van der Waals surface area contributed by atoms with Gasteiger partial charge in [0.1, 0.15) is 0 Å². The van der Waals surface area contributed by atoms with E-state index in [1.807, 2.05) is 19.9 Å². The summed E-state index contributed by atoms with van der Waals surface area (Å²) in [6, 6.07) is 0. The summed E-state index contributed by atoms with van der Waals surface area (Å²) in [7, 11) is 0. The lowest BCUT2D eigenvalue weighted by molar-refractivity contribution is -0.126. The molecule has 0 aromatic carbocycles. The first-order valence-corrected chi connectivity index (χ1v) is 6.51. The van der Waals surface area contributed by atoms with Crippen LogP contribution in [0.4, 0.5) is 0 Å². The summed E-state index contributed by atoms with van der Waals surface area (Å²) in [4.78, 5) is 14.8. The number of ketones is 1. The lowest BCUT2D eigenvalue weighted by Crippen LogP contribution is -2.52. The fraction of sp³-hybridized carbons (Fsp3) is 0.786. The van der Waals surface area contributed by atoms with Crippen molar-refractivity contribution in [1.82, 2.24) is 4.90 Å². The van der Waals surface area contributed by atoms with Gasteiger partial charge >= 0.3 is 0 Å². The molecule has 0 spiro atoms. The normalized spacial score (nSPS) is 18.8. The summed E-state index contributed by atoms with van der Waals surface area (Å²) >= 11 is 0. The number of rotatable bonds is 5. The van der Waals surface area contributed by atoms with Crippen LogP contribution >= 0.6 is 0 Å². The maximum absolute atomic E-state index is 12.4. The largest absolute Gasteiger partial charge is 0.293 e. The fourth-order valence-corrected chi connectivity index (χ4v) is 2.90. The zero-order valence-electron chi connectivity index (χ0n) is 11.2. The molecule has 0 aliphatic heterocycles. The Balaban J connectivity index is 2.96. The van der Waals surface area contributed by atoms with E-state index in [9.17, 15) is 4.79 Å². The molecule has 1 aliphatic rings. The van der Waals surface area contributed by atoms with Crippen molar-refractivity contribution in [2.45, 2.75) is 58.9 Å². The van der Waals surface area contributed by atoms with Crippen molar-refractivity contribution in [1.29, 1.82) is 0 Å². The van der Waals surface area contributed by atoms with Gasteiger partial charge in [0.2, 0.25) is 0 Å². The Labute approximate surface area is 99.7 Å². The van der Waals surface area contributed by atoms with Crippen molar-refractivity contribution >= 4 is 5.78 Å². The average Bonchev–Trinajstić information content (AvgIpc) is 2.69. The van der Waals surface area contributed by atoms with E-state index < -0.39 is 0 Å². The van der Waals surface area contributed by atoms with Crippen LogP contribution in [0.3, 0.4) is 0 Å². The first kappa shape index (κ1) is 13.4. The van der Waals surface area contributed by atoms with Gasteiger partial charge in [-0.15, -0.1) is 0 Å². The van der Waals surface area contributed by atoms with E-state index in [4.69, 9.17) is 0 Å². The quantitative estimate of drug-likeness (QED) is 0.667. The summed E-state index contributed by atoms with van der Waals surface area (Å²) in [6.45, 7) is 10.3. The predicted molar refractivity (Wildman–Crippen MR) is 68.6 cm³/mol. The Bertz CT molecular complexity index is 266. The van der Waals surface area contributed by atoms with Gasteiger partial charge in [0.25, 0.3) is 0 Å². The second-order valence-corrected chi connectivity index (χ2v) is 5.00. The smallest absolute Gasteiger partial charge is 0.175 e. The molecule has 0 bridgehead atoms. The lowest BCUT2D eigenvalue weighted by Gasteiger charge is -2.38. The molecule has 0 atom stereocenters. The van der Waals surface area contributed by atoms with E-state index >= 15 is 0 Å². The highest BCUT2D eigenvalue weighted by Gasteiger charge is 2.43. The molecule has 0 saturated heterocycles. The highest BCUT2D eigenvalue weighted by molar-refractivity contribution is 5.98. The molecule has 0 amide bonds. The number of nitrogens with zero attached hydrogens (tertiary/aromatic N) is 1. The van der Waals surface area contributed by atoms with Crippen LogP contribution in [-0.4, -0.2) is 29.3 Å². The molecular formula is C14H25NO. The minimum Gasteiger partial charge on any atom is -0.293 e. The Morgan fingerprint density at radius 1 is 1.19 bits per heavy atom. The molecule has 1 rings (SSSR count). The zero-order chi connectivity index (χ0) is 12.2. The maximum atomic E-state index is 12.4. The van der Waals surface area contributed by atoms with Gasteiger partial charge in [-0.25, -0.2) is 0 Å². The van der Waals surface area contributed by atoms with Crippen LogP contribution in [0.15, 0.2) is 11.6 Å². The van der Waals surface area contributed by atoms with E-state index in [0.29, 0.717) is 5.78 Å². The number of allylic oxidation sites excluding steroid dienone is 1. The first-order chi connectivity index (χ1) is 7.56. The Kier molecular flexibility index (Phi) is 4.72. The third-order valence-corrected chi connectivity index (χ3v) is 3.68. The van der Waals surface area contributed by atoms with Crippen LogP contribution in [0.25, 0.3) is 0 Å². The molecule has 0 aromatic heterocycles. The van der Waals surface area contributed by atoms with E-state index in [1.54, 1.807) is 0 Å². The molecule has 16 heavy (non-hydrogen) atoms. The number of hydrogen-bond acceptors (Lipinski definition) is 2. The van der Waals surface area contributed by atoms with Crippen molar-refractivity contribution in [3.8, 4) is 0 Å². The standard InChI is InChI=1S/C14H25NO/c1-5-15(6-2)14(9-7-8-10-14)13(16)11-12(3)4/h11H,5-10H2,1-4H3. The molecule has 1 aliphatic carbocycles. The highest BCUT2D eigenvalue weighted by Crippen LogP contribution is 2.36. The number of carbonyl (C=O) groups excluding carboxylic acids is 1. The minimum absolute atomic E-state index is 0.180. The summed E-state index contributed by atoms with van der Waals surface area (Å²) in [6.07, 6.45) is 6.30. The van der Waals surface area contributed by atoms with Crippen molar-refractivity contribution in [3.05, 3.63) is 11.6 Å². The molecule has 0 heterocycles. The second kappa shape index (κ2) is 5.62. The molecular weight excluding hydrogens is 198 g/mol. The Morgan fingerprint density at radius 2 is 1.69 bits per heavy atom. The summed E-state index contributed by atoms with van der Waals surface area (Å²) in [5, 5.41) is 0. The third-order valence-electron chi connectivity index (χ3n) is 3.68. The molecule has 0 radical (unpaired) electrons. The number of hydrogen-bond donors (Lipinski definition) is 0. The number of carbonyl (C=O) groups is 1. The molecule has 2 heteroatoms.